The van der Waals surface area contributed by atoms with Crippen molar-refractivity contribution in [3.8, 4) is 0 Å². The van der Waals surface area contributed by atoms with Crippen molar-refractivity contribution in [1.82, 2.24) is 10.2 Å². The molecule has 18 heavy (non-hydrogen) atoms. The number of hydrogen-bond acceptors (Lipinski definition) is 3. The minimum atomic E-state index is -0.300. The van der Waals surface area contributed by atoms with Gasteiger partial charge in [-0.3, -0.25) is 14.5 Å². The first-order valence-electron chi connectivity index (χ1n) is 6.71. The van der Waals surface area contributed by atoms with Crippen molar-refractivity contribution in [1.29, 1.82) is 0 Å². The summed E-state index contributed by atoms with van der Waals surface area (Å²) < 4.78 is 0. The van der Waals surface area contributed by atoms with E-state index in [0.29, 0.717) is 12.5 Å². The number of likely N-dealkylation sites (tertiary alicyclic amines) is 1. The summed E-state index contributed by atoms with van der Waals surface area (Å²) in [5.74, 6) is 0.375. The van der Waals surface area contributed by atoms with Crippen LogP contribution in [0.2, 0.25) is 0 Å². The van der Waals surface area contributed by atoms with E-state index >= 15 is 0 Å². The van der Waals surface area contributed by atoms with Crippen molar-refractivity contribution in [3.63, 3.8) is 0 Å². The van der Waals surface area contributed by atoms with Crippen molar-refractivity contribution in [2.45, 2.75) is 39.7 Å². The smallest absolute Gasteiger partial charge is 0.231 e. The van der Waals surface area contributed by atoms with Crippen LogP contribution in [0.3, 0.4) is 0 Å². The number of amides is 2. The molecule has 5 nitrogen and oxygen atoms in total. The highest BCUT2D eigenvalue weighted by Gasteiger charge is 2.26. The standard InChI is InChI=1S/C13H25N3O2/c1-9(2)10(3)15-13(18)11-4-6-16(7-5-11)8-12(14)17/h9-11H,4-8H2,1-3H3,(H2,14,17)(H,15,18). The minimum Gasteiger partial charge on any atom is -0.369 e. The maximum atomic E-state index is 12.0. The van der Waals surface area contributed by atoms with Crippen LogP contribution in [0.25, 0.3) is 0 Å². The van der Waals surface area contributed by atoms with Gasteiger partial charge in [0.1, 0.15) is 0 Å². The minimum absolute atomic E-state index is 0.0790. The zero-order valence-corrected chi connectivity index (χ0v) is 11.6. The van der Waals surface area contributed by atoms with Gasteiger partial charge in [0, 0.05) is 12.0 Å². The number of rotatable bonds is 5. The number of primary amides is 1. The predicted octanol–water partition coefficient (Wildman–Crippen LogP) is 0.344. The van der Waals surface area contributed by atoms with Crippen molar-refractivity contribution >= 4 is 11.8 Å². The second kappa shape index (κ2) is 6.73. The number of hydrogen-bond donors (Lipinski definition) is 2. The molecule has 0 spiro atoms. The Kier molecular flexibility index (Phi) is 5.59. The maximum absolute atomic E-state index is 12.0. The van der Waals surface area contributed by atoms with Crippen LogP contribution in [0, 0.1) is 11.8 Å². The summed E-state index contributed by atoms with van der Waals surface area (Å²) >= 11 is 0. The van der Waals surface area contributed by atoms with Gasteiger partial charge in [0.25, 0.3) is 0 Å². The second-order valence-corrected chi connectivity index (χ2v) is 5.56. The summed E-state index contributed by atoms with van der Waals surface area (Å²) in [6, 6.07) is 0.209. The molecule has 5 heteroatoms. The summed E-state index contributed by atoms with van der Waals surface area (Å²) in [5, 5.41) is 3.06. The fourth-order valence-corrected chi connectivity index (χ4v) is 2.08. The molecule has 1 atom stereocenters. The number of nitrogens with zero attached hydrogens (tertiary/aromatic N) is 1. The molecule has 1 saturated heterocycles. The highest BCUT2D eigenvalue weighted by atomic mass is 16.2. The molecule has 1 rings (SSSR count). The first-order chi connectivity index (χ1) is 8.40. The molecule has 104 valence electrons. The molecule has 0 aromatic carbocycles. The van der Waals surface area contributed by atoms with E-state index in [0.717, 1.165) is 25.9 Å². The van der Waals surface area contributed by atoms with Crippen molar-refractivity contribution in [3.05, 3.63) is 0 Å². The molecule has 0 saturated carbocycles. The van der Waals surface area contributed by atoms with Crippen LogP contribution in [0.1, 0.15) is 33.6 Å². The van der Waals surface area contributed by atoms with E-state index in [4.69, 9.17) is 5.73 Å². The zero-order valence-electron chi connectivity index (χ0n) is 11.6. The average Bonchev–Trinajstić information content (AvgIpc) is 2.28. The molecule has 1 aliphatic heterocycles. The molecule has 2 amide bonds. The van der Waals surface area contributed by atoms with Crippen LogP contribution in [0.4, 0.5) is 0 Å². The topological polar surface area (TPSA) is 75.4 Å². The Morgan fingerprint density at radius 2 is 1.83 bits per heavy atom. The van der Waals surface area contributed by atoms with Crippen LogP contribution in [0.15, 0.2) is 0 Å². The molecule has 1 fully saturated rings. The summed E-state index contributed by atoms with van der Waals surface area (Å²) in [6.45, 7) is 8.08. The molecular weight excluding hydrogens is 230 g/mol. The van der Waals surface area contributed by atoms with Crippen molar-refractivity contribution in [2.24, 2.45) is 17.6 Å². The molecule has 1 aliphatic rings. The lowest BCUT2D eigenvalue weighted by Gasteiger charge is -2.31. The predicted molar refractivity (Wildman–Crippen MR) is 70.8 cm³/mol. The molecule has 0 aromatic heterocycles. The van der Waals surface area contributed by atoms with Crippen molar-refractivity contribution < 1.29 is 9.59 Å². The number of carbonyl (C=O) groups excluding carboxylic acids is 2. The van der Waals surface area contributed by atoms with Crippen LogP contribution < -0.4 is 11.1 Å². The largest absolute Gasteiger partial charge is 0.369 e. The van der Waals surface area contributed by atoms with E-state index in [1.54, 1.807) is 0 Å². The lowest BCUT2D eigenvalue weighted by atomic mass is 9.95. The van der Waals surface area contributed by atoms with E-state index in [9.17, 15) is 9.59 Å². The lowest BCUT2D eigenvalue weighted by molar-refractivity contribution is -0.127. The average molecular weight is 255 g/mol. The number of nitrogens with one attached hydrogen (secondary N) is 1. The number of carbonyl (C=O) groups is 2. The summed E-state index contributed by atoms with van der Waals surface area (Å²) in [7, 11) is 0. The quantitative estimate of drug-likeness (QED) is 0.744. The fraction of sp³-hybridized carbons (Fsp3) is 0.846. The van der Waals surface area contributed by atoms with Gasteiger partial charge >= 0.3 is 0 Å². The highest BCUT2D eigenvalue weighted by molar-refractivity contribution is 5.79. The zero-order chi connectivity index (χ0) is 13.7. The molecule has 0 aliphatic carbocycles. The normalized spacial score (nSPS) is 19.8. The molecule has 3 N–H and O–H groups in total. The van der Waals surface area contributed by atoms with Gasteiger partial charge in [-0.2, -0.15) is 0 Å². The summed E-state index contributed by atoms with van der Waals surface area (Å²) in [5.41, 5.74) is 5.16. The molecule has 1 heterocycles. The fourth-order valence-electron chi connectivity index (χ4n) is 2.08. The Balaban J connectivity index is 2.34. The van der Waals surface area contributed by atoms with Gasteiger partial charge in [-0.15, -0.1) is 0 Å². The molecule has 0 radical (unpaired) electrons. The summed E-state index contributed by atoms with van der Waals surface area (Å²) in [4.78, 5) is 24.8. The van der Waals surface area contributed by atoms with E-state index in [1.165, 1.54) is 0 Å². The Labute approximate surface area is 109 Å². The Morgan fingerprint density at radius 3 is 2.28 bits per heavy atom. The highest BCUT2D eigenvalue weighted by Crippen LogP contribution is 2.17. The molecule has 1 unspecified atom stereocenters. The van der Waals surface area contributed by atoms with E-state index in [-0.39, 0.29) is 23.8 Å². The van der Waals surface area contributed by atoms with E-state index in [1.807, 2.05) is 11.8 Å². The van der Waals surface area contributed by atoms with Gasteiger partial charge in [-0.25, -0.2) is 0 Å². The van der Waals surface area contributed by atoms with E-state index < -0.39 is 0 Å². The Hall–Kier alpha value is -1.10. The van der Waals surface area contributed by atoms with Crippen LogP contribution in [0.5, 0.6) is 0 Å². The van der Waals surface area contributed by atoms with Crippen LogP contribution in [-0.4, -0.2) is 42.4 Å². The monoisotopic (exact) mass is 255 g/mol. The molecular formula is C13H25N3O2. The van der Waals surface area contributed by atoms with Crippen molar-refractivity contribution in [2.75, 3.05) is 19.6 Å². The van der Waals surface area contributed by atoms with Gasteiger partial charge < -0.3 is 11.1 Å². The summed E-state index contributed by atoms with van der Waals surface area (Å²) in [6.07, 6.45) is 1.62. The lowest BCUT2D eigenvalue weighted by Crippen LogP contribution is -2.45. The first-order valence-corrected chi connectivity index (χ1v) is 6.71. The molecule has 0 bridgehead atoms. The third kappa shape index (κ3) is 4.64. The van der Waals surface area contributed by atoms with Crippen LogP contribution in [-0.2, 0) is 9.59 Å². The van der Waals surface area contributed by atoms with Gasteiger partial charge in [0.15, 0.2) is 0 Å². The van der Waals surface area contributed by atoms with E-state index in [2.05, 4.69) is 19.2 Å². The van der Waals surface area contributed by atoms with Gasteiger partial charge in [0.2, 0.25) is 11.8 Å². The maximum Gasteiger partial charge on any atom is 0.231 e. The first kappa shape index (κ1) is 15.0. The SMILES string of the molecule is CC(C)C(C)NC(=O)C1CCN(CC(N)=O)CC1. The second-order valence-electron chi connectivity index (χ2n) is 5.56. The van der Waals surface area contributed by atoms with Gasteiger partial charge in [-0.1, -0.05) is 13.8 Å². The third-order valence-electron chi connectivity index (χ3n) is 3.71. The van der Waals surface area contributed by atoms with Gasteiger partial charge in [0.05, 0.1) is 6.54 Å². The molecule has 0 aromatic rings. The number of piperidine rings is 1. The Bertz CT molecular complexity index is 297. The van der Waals surface area contributed by atoms with Gasteiger partial charge in [-0.05, 0) is 38.8 Å². The third-order valence-corrected chi connectivity index (χ3v) is 3.71. The Morgan fingerprint density at radius 1 is 1.28 bits per heavy atom. The van der Waals surface area contributed by atoms with Crippen LogP contribution >= 0.6 is 0 Å². The number of nitrogens with two attached hydrogens (primary N) is 1.